The first kappa shape index (κ1) is 14.4. The zero-order valence-electron chi connectivity index (χ0n) is 8.89. The number of carbonyl (C=O) groups excluding carboxylic acids is 1. The maximum absolute atomic E-state index is 10.7. The number of carboxylic acids is 2. The van der Waals surface area contributed by atoms with Crippen LogP contribution in [0, 0.1) is 0 Å². The Labute approximate surface area is 92.8 Å². The molecule has 0 radical (unpaired) electrons. The summed E-state index contributed by atoms with van der Waals surface area (Å²) >= 11 is 0. The highest BCUT2D eigenvalue weighted by atomic mass is 16.4. The van der Waals surface area contributed by atoms with E-state index in [2.05, 4.69) is 0 Å². The smallest absolute Gasteiger partial charge is 0.304 e. The van der Waals surface area contributed by atoms with Gasteiger partial charge in [0.2, 0.25) is 5.91 Å². The second-order valence-electron chi connectivity index (χ2n) is 3.38. The van der Waals surface area contributed by atoms with Crippen molar-refractivity contribution in [3.05, 3.63) is 0 Å². The van der Waals surface area contributed by atoms with E-state index in [1.54, 1.807) is 4.90 Å². The van der Waals surface area contributed by atoms with Crippen LogP contribution in [0.15, 0.2) is 0 Å². The molecule has 0 heterocycles. The Kier molecular flexibility index (Phi) is 6.86. The summed E-state index contributed by atoms with van der Waals surface area (Å²) in [6.45, 7) is 0.493. The van der Waals surface area contributed by atoms with Gasteiger partial charge in [0.1, 0.15) is 0 Å². The van der Waals surface area contributed by atoms with Gasteiger partial charge < -0.3 is 15.9 Å². The molecule has 0 saturated carbocycles. The largest absolute Gasteiger partial charge is 0.481 e. The summed E-state index contributed by atoms with van der Waals surface area (Å²) in [4.78, 5) is 32.8. The number of carbonyl (C=O) groups is 3. The predicted molar refractivity (Wildman–Crippen MR) is 54.8 cm³/mol. The number of hydrogen-bond donors (Lipinski definition) is 3. The Morgan fingerprint density at radius 3 is 2.00 bits per heavy atom. The van der Waals surface area contributed by atoms with Crippen LogP contribution in [0.1, 0.15) is 19.3 Å². The van der Waals surface area contributed by atoms with E-state index < -0.39 is 17.8 Å². The van der Waals surface area contributed by atoms with Crippen molar-refractivity contribution < 1.29 is 24.6 Å². The van der Waals surface area contributed by atoms with Crippen molar-refractivity contribution in [2.45, 2.75) is 19.3 Å². The maximum Gasteiger partial charge on any atom is 0.304 e. The van der Waals surface area contributed by atoms with Gasteiger partial charge >= 0.3 is 11.9 Å². The van der Waals surface area contributed by atoms with Gasteiger partial charge in [-0.1, -0.05) is 0 Å². The van der Waals surface area contributed by atoms with E-state index >= 15 is 0 Å². The predicted octanol–water partition coefficient (Wildman–Crippen LogP) is -0.887. The van der Waals surface area contributed by atoms with Gasteiger partial charge in [-0.3, -0.25) is 19.3 Å². The Morgan fingerprint density at radius 1 is 1.00 bits per heavy atom. The number of rotatable bonds is 9. The second kappa shape index (κ2) is 7.63. The molecule has 0 fully saturated rings. The Morgan fingerprint density at radius 2 is 1.56 bits per heavy atom. The normalized spacial score (nSPS) is 10.3. The molecule has 0 aromatic heterocycles. The molecular weight excluding hydrogens is 216 g/mol. The van der Waals surface area contributed by atoms with E-state index in [-0.39, 0.29) is 25.9 Å². The standard InChI is InChI=1S/C9H16N2O5/c10-7(12)6-11(5-3-9(15)16)4-1-2-8(13)14/h1-6H2,(H2,10,12)(H,13,14)(H,15,16). The van der Waals surface area contributed by atoms with Crippen molar-refractivity contribution in [3.8, 4) is 0 Å². The molecule has 0 aliphatic rings. The molecule has 0 aliphatic heterocycles. The van der Waals surface area contributed by atoms with Crippen molar-refractivity contribution in [3.63, 3.8) is 0 Å². The summed E-state index contributed by atoms with van der Waals surface area (Å²) in [6.07, 6.45) is 0.255. The molecule has 16 heavy (non-hydrogen) atoms. The van der Waals surface area contributed by atoms with Crippen LogP contribution in [-0.2, 0) is 14.4 Å². The molecule has 4 N–H and O–H groups in total. The highest BCUT2D eigenvalue weighted by Gasteiger charge is 2.10. The van der Waals surface area contributed by atoms with Crippen molar-refractivity contribution in [1.29, 1.82) is 0 Å². The van der Waals surface area contributed by atoms with Gasteiger partial charge in [-0.15, -0.1) is 0 Å². The Bertz CT molecular complexity index is 267. The minimum Gasteiger partial charge on any atom is -0.481 e. The van der Waals surface area contributed by atoms with Crippen LogP contribution in [0.2, 0.25) is 0 Å². The highest BCUT2D eigenvalue weighted by molar-refractivity contribution is 5.76. The first-order chi connectivity index (χ1) is 7.41. The molecule has 0 rings (SSSR count). The van der Waals surface area contributed by atoms with Gasteiger partial charge in [-0.05, 0) is 13.0 Å². The van der Waals surface area contributed by atoms with E-state index in [9.17, 15) is 14.4 Å². The topological polar surface area (TPSA) is 121 Å². The van der Waals surface area contributed by atoms with Crippen LogP contribution in [-0.4, -0.2) is 52.6 Å². The Hall–Kier alpha value is -1.63. The van der Waals surface area contributed by atoms with Gasteiger partial charge in [0, 0.05) is 13.0 Å². The van der Waals surface area contributed by atoms with Gasteiger partial charge in [-0.25, -0.2) is 0 Å². The number of hydrogen-bond acceptors (Lipinski definition) is 4. The molecule has 1 amide bonds. The molecule has 0 saturated heterocycles. The van der Waals surface area contributed by atoms with Gasteiger partial charge in [0.05, 0.1) is 13.0 Å². The van der Waals surface area contributed by atoms with Crippen LogP contribution < -0.4 is 5.73 Å². The first-order valence-corrected chi connectivity index (χ1v) is 4.86. The van der Waals surface area contributed by atoms with Crippen molar-refractivity contribution in [1.82, 2.24) is 4.90 Å². The van der Waals surface area contributed by atoms with Crippen LogP contribution in [0.25, 0.3) is 0 Å². The minimum absolute atomic E-state index is 0.0116. The van der Waals surface area contributed by atoms with Crippen molar-refractivity contribution >= 4 is 17.8 Å². The lowest BCUT2D eigenvalue weighted by molar-refractivity contribution is -0.138. The van der Waals surface area contributed by atoms with Crippen LogP contribution in [0.5, 0.6) is 0 Å². The van der Waals surface area contributed by atoms with Crippen molar-refractivity contribution in [2.75, 3.05) is 19.6 Å². The van der Waals surface area contributed by atoms with Gasteiger partial charge in [0.15, 0.2) is 0 Å². The fourth-order valence-electron chi connectivity index (χ4n) is 1.20. The third-order valence-electron chi connectivity index (χ3n) is 1.89. The molecule has 0 aromatic carbocycles. The lowest BCUT2D eigenvalue weighted by atomic mass is 10.2. The van der Waals surface area contributed by atoms with Crippen LogP contribution >= 0.6 is 0 Å². The SMILES string of the molecule is NC(=O)CN(CCCC(=O)O)CCC(=O)O. The average molecular weight is 232 g/mol. The van der Waals surface area contributed by atoms with Crippen LogP contribution in [0.3, 0.4) is 0 Å². The molecular formula is C9H16N2O5. The summed E-state index contributed by atoms with van der Waals surface area (Å²) in [5.41, 5.74) is 4.99. The summed E-state index contributed by atoms with van der Waals surface area (Å²) < 4.78 is 0. The molecule has 0 atom stereocenters. The third-order valence-corrected chi connectivity index (χ3v) is 1.89. The molecule has 92 valence electrons. The minimum atomic E-state index is -0.965. The van der Waals surface area contributed by atoms with E-state index in [0.29, 0.717) is 13.0 Å². The first-order valence-electron chi connectivity index (χ1n) is 4.86. The number of amides is 1. The summed E-state index contributed by atoms with van der Waals surface area (Å²) in [5.74, 6) is -2.44. The zero-order chi connectivity index (χ0) is 12.6. The van der Waals surface area contributed by atoms with Gasteiger partial charge in [-0.2, -0.15) is 0 Å². The molecule has 7 heteroatoms. The number of aliphatic carboxylic acids is 2. The number of primary amides is 1. The summed E-state index contributed by atoms with van der Waals surface area (Å²) in [6, 6.07) is 0. The average Bonchev–Trinajstić information content (AvgIpc) is 2.12. The molecule has 7 nitrogen and oxygen atoms in total. The lowest BCUT2D eigenvalue weighted by Gasteiger charge is -2.18. The molecule has 0 aliphatic carbocycles. The molecule has 0 spiro atoms. The molecule has 0 unspecified atom stereocenters. The zero-order valence-corrected chi connectivity index (χ0v) is 8.89. The lowest BCUT2D eigenvalue weighted by Crippen LogP contribution is -2.36. The number of nitrogens with zero attached hydrogens (tertiary/aromatic N) is 1. The number of nitrogens with two attached hydrogens (primary N) is 1. The maximum atomic E-state index is 10.7. The summed E-state index contributed by atoms with van der Waals surface area (Å²) in [7, 11) is 0. The molecule has 0 aromatic rings. The fraction of sp³-hybridized carbons (Fsp3) is 0.667. The fourth-order valence-corrected chi connectivity index (χ4v) is 1.20. The molecule has 0 bridgehead atoms. The van der Waals surface area contributed by atoms with Crippen molar-refractivity contribution in [2.24, 2.45) is 5.73 Å². The Balaban J connectivity index is 3.94. The van der Waals surface area contributed by atoms with E-state index in [0.717, 1.165) is 0 Å². The highest BCUT2D eigenvalue weighted by Crippen LogP contribution is 1.97. The van der Waals surface area contributed by atoms with E-state index in [4.69, 9.17) is 15.9 Å². The van der Waals surface area contributed by atoms with E-state index in [1.165, 1.54) is 0 Å². The quantitative estimate of drug-likeness (QED) is 0.474. The monoisotopic (exact) mass is 232 g/mol. The summed E-state index contributed by atoms with van der Waals surface area (Å²) in [5, 5.41) is 16.9. The van der Waals surface area contributed by atoms with Gasteiger partial charge in [0.25, 0.3) is 0 Å². The third kappa shape index (κ3) is 8.95. The second-order valence-corrected chi connectivity index (χ2v) is 3.38. The number of carboxylic acid groups (broad SMARTS) is 2. The van der Waals surface area contributed by atoms with E-state index in [1.807, 2.05) is 0 Å². The van der Waals surface area contributed by atoms with Crippen LogP contribution in [0.4, 0.5) is 0 Å².